The van der Waals surface area contributed by atoms with Gasteiger partial charge in [0, 0.05) is 24.4 Å². The summed E-state index contributed by atoms with van der Waals surface area (Å²) in [7, 11) is 0. The molecular formula is C16H23N3O2S. The molecule has 0 aromatic carbocycles. The number of nitrogens with two attached hydrogens (primary N) is 1. The monoisotopic (exact) mass is 321 g/mol. The lowest BCUT2D eigenvalue weighted by Crippen LogP contribution is -2.47. The fourth-order valence-electron chi connectivity index (χ4n) is 3.58. The van der Waals surface area contributed by atoms with Gasteiger partial charge in [0.05, 0.1) is 6.04 Å². The van der Waals surface area contributed by atoms with Gasteiger partial charge in [0.25, 0.3) is 0 Å². The van der Waals surface area contributed by atoms with Crippen molar-refractivity contribution in [2.75, 3.05) is 13.1 Å². The second-order valence-electron chi connectivity index (χ2n) is 6.32. The minimum Gasteiger partial charge on any atom is -0.370 e. The summed E-state index contributed by atoms with van der Waals surface area (Å²) < 4.78 is 0. The first-order valence-corrected chi connectivity index (χ1v) is 8.91. The third kappa shape index (κ3) is 3.43. The van der Waals surface area contributed by atoms with E-state index in [1.165, 1.54) is 10.4 Å². The first-order valence-electron chi connectivity index (χ1n) is 8.03. The molecule has 0 spiro atoms. The van der Waals surface area contributed by atoms with Crippen LogP contribution in [0.15, 0.2) is 11.4 Å². The molecular weight excluding hydrogens is 298 g/mol. The van der Waals surface area contributed by atoms with Gasteiger partial charge in [-0.05, 0) is 55.0 Å². The van der Waals surface area contributed by atoms with Gasteiger partial charge in [-0.15, -0.1) is 11.3 Å². The molecule has 1 saturated heterocycles. The number of amides is 3. The lowest BCUT2D eigenvalue weighted by molar-refractivity contribution is -0.119. The SMILES string of the molecule is NC(=O)CC1CCCN(C(=O)NC2CCCc3sccc32)C1. The molecule has 6 heteroatoms. The van der Waals surface area contributed by atoms with Crippen molar-refractivity contribution in [2.45, 2.75) is 44.6 Å². The third-order valence-electron chi connectivity index (χ3n) is 4.65. The van der Waals surface area contributed by atoms with Crippen LogP contribution in [0.5, 0.6) is 0 Å². The molecule has 3 N–H and O–H groups in total. The van der Waals surface area contributed by atoms with E-state index in [-0.39, 0.29) is 23.9 Å². The van der Waals surface area contributed by atoms with Gasteiger partial charge >= 0.3 is 6.03 Å². The molecule has 2 aliphatic rings. The van der Waals surface area contributed by atoms with Crippen LogP contribution in [-0.2, 0) is 11.2 Å². The zero-order valence-corrected chi connectivity index (χ0v) is 13.5. The van der Waals surface area contributed by atoms with Crippen molar-refractivity contribution in [3.8, 4) is 0 Å². The van der Waals surface area contributed by atoms with Gasteiger partial charge in [0.2, 0.25) is 5.91 Å². The van der Waals surface area contributed by atoms with Crippen molar-refractivity contribution in [1.29, 1.82) is 0 Å². The van der Waals surface area contributed by atoms with Gasteiger partial charge in [0.15, 0.2) is 0 Å². The van der Waals surface area contributed by atoms with Crippen molar-refractivity contribution >= 4 is 23.3 Å². The van der Waals surface area contributed by atoms with Crippen LogP contribution in [0.25, 0.3) is 0 Å². The lowest BCUT2D eigenvalue weighted by Gasteiger charge is -2.34. The van der Waals surface area contributed by atoms with E-state index in [0.717, 1.165) is 38.6 Å². The van der Waals surface area contributed by atoms with E-state index in [1.54, 1.807) is 11.3 Å². The van der Waals surface area contributed by atoms with Crippen molar-refractivity contribution in [1.82, 2.24) is 10.2 Å². The van der Waals surface area contributed by atoms with Gasteiger partial charge in [-0.1, -0.05) is 0 Å². The molecule has 1 aromatic heterocycles. The van der Waals surface area contributed by atoms with E-state index in [1.807, 2.05) is 4.90 Å². The summed E-state index contributed by atoms with van der Waals surface area (Å²) in [5.41, 5.74) is 6.57. The zero-order valence-electron chi connectivity index (χ0n) is 12.7. The number of nitrogens with zero attached hydrogens (tertiary/aromatic N) is 1. The molecule has 3 amide bonds. The molecule has 2 heterocycles. The van der Waals surface area contributed by atoms with Crippen LogP contribution in [0.4, 0.5) is 4.79 Å². The number of primary amides is 1. The minimum absolute atomic E-state index is 0.00165. The highest BCUT2D eigenvalue weighted by molar-refractivity contribution is 7.10. The topological polar surface area (TPSA) is 75.4 Å². The molecule has 3 rings (SSSR count). The molecule has 1 aliphatic heterocycles. The van der Waals surface area contributed by atoms with Crippen molar-refractivity contribution in [3.05, 3.63) is 21.9 Å². The fourth-order valence-corrected chi connectivity index (χ4v) is 4.56. The summed E-state index contributed by atoms with van der Waals surface area (Å²) in [6.45, 7) is 1.41. The molecule has 0 saturated carbocycles. The van der Waals surface area contributed by atoms with Crippen LogP contribution in [-0.4, -0.2) is 29.9 Å². The standard InChI is InChI=1S/C16H23N3O2S/c17-15(20)9-11-3-2-7-19(10-11)16(21)18-13-4-1-5-14-12(13)6-8-22-14/h6,8,11,13H,1-5,7,9-10H2,(H2,17,20)(H,18,21). The molecule has 1 fully saturated rings. The number of hydrogen-bond donors (Lipinski definition) is 2. The Morgan fingerprint density at radius 2 is 2.23 bits per heavy atom. The quantitative estimate of drug-likeness (QED) is 0.897. The maximum atomic E-state index is 12.5. The number of aryl methyl sites for hydroxylation is 1. The highest BCUT2D eigenvalue weighted by Gasteiger charge is 2.28. The van der Waals surface area contributed by atoms with Gasteiger partial charge in [-0.3, -0.25) is 4.79 Å². The Labute approximate surface area is 134 Å². The average Bonchev–Trinajstić information content (AvgIpc) is 2.96. The number of carbonyl (C=O) groups excluding carboxylic acids is 2. The van der Waals surface area contributed by atoms with Crippen LogP contribution in [0, 0.1) is 5.92 Å². The van der Waals surface area contributed by atoms with E-state index < -0.39 is 0 Å². The Balaban J connectivity index is 1.59. The summed E-state index contributed by atoms with van der Waals surface area (Å²) >= 11 is 1.78. The maximum Gasteiger partial charge on any atom is 0.317 e. The Hall–Kier alpha value is -1.56. The zero-order chi connectivity index (χ0) is 15.5. The third-order valence-corrected chi connectivity index (χ3v) is 5.64. The summed E-state index contributed by atoms with van der Waals surface area (Å²) in [5.74, 6) is -0.0671. The van der Waals surface area contributed by atoms with Crippen LogP contribution in [0.3, 0.4) is 0 Å². The molecule has 120 valence electrons. The molecule has 2 atom stereocenters. The molecule has 1 aliphatic carbocycles. The van der Waals surface area contributed by atoms with Gasteiger partial charge in [0.1, 0.15) is 0 Å². The molecule has 0 radical (unpaired) electrons. The van der Waals surface area contributed by atoms with Crippen LogP contribution < -0.4 is 11.1 Å². The second-order valence-corrected chi connectivity index (χ2v) is 7.32. The Morgan fingerprint density at radius 3 is 3.05 bits per heavy atom. The number of fused-ring (bicyclic) bond motifs is 1. The minimum atomic E-state index is -0.276. The van der Waals surface area contributed by atoms with Crippen molar-refractivity contribution < 1.29 is 9.59 Å². The lowest BCUT2D eigenvalue weighted by atomic mass is 9.93. The number of piperidine rings is 1. The summed E-state index contributed by atoms with van der Waals surface area (Å²) in [5, 5.41) is 5.29. The average molecular weight is 321 g/mol. The molecule has 22 heavy (non-hydrogen) atoms. The smallest absolute Gasteiger partial charge is 0.317 e. The van der Waals surface area contributed by atoms with Crippen molar-refractivity contribution in [2.24, 2.45) is 11.7 Å². The van der Waals surface area contributed by atoms with Gasteiger partial charge in [-0.25, -0.2) is 4.79 Å². The number of hydrogen-bond acceptors (Lipinski definition) is 3. The highest BCUT2D eigenvalue weighted by atomic mass is 32.1. The van der Waals surface area contributed by atoms with Crippen LogP contribution in [0.2, 0.25) is 0 Å². The summed E-state index contributed by atoms with van der Waals surface area (Å²) in [4.78, 5) is 26.9. The molecule has 0 bridgehead atoms. The first kappa shape index (κ1) is 15.3. The van der Waals surface area contributed by atoms with Crippen LogP contribution in [0.1, 0.15) is 48.6 Å². The molecule has 1 aromatic rings. The predicted octanol–water partition coefficient (Wildman–Crippen LogP) is 2.42. The van der Waals surface area contributed by atoms with E-state index in [4.69, 9.17) is 5.73 Å². The Bertz CT molecular complexity index is 557. The summed E-state index contributed by atoms with van der Waals surface area (Å²) in [6, 6.07) is 2.27. The number of carbonyl (C=O) groups is 2. The van der Waals surface area contributed by atoms with Crippen LogP contribution >= 0.6 is 11.3 Å². The number of likely N-dealkylation sites (tertiary alicyclic amines) is 1. The number of rotatable bonds is 3. The largest absolute Gasteiger partial charge is 0.370 e. The van der Waals surface area contributed by atoms with E-state index >= 15 is 0 Å². The molecule has 5 nitrogen and oxygen atoms in total. The Kier molecular flexibility index (Phi) is 4.66. The predicted molar refractivity (Wildman–Crippen MR) is 86.6 cm³/mol. The van der Waals surface area contributed by atoms with E-state index in [0.29, 0.717) is 13.0 Å². The van der Waals surface area contributed by atoms with Gasteiger partial charge in [-0.2, -0.15) is 0 Å². The highest BCUT2D eigenvalue weighted by Crippen LogP contribution is 2.33. The van der Waals surface area contributed by atoms with E-state index in [2.05, 4.69) is 16.8 Å². The van der Waals surface area contributed by atoms with E-state index in [9.17, 15) is 9.59 Å². The normalized spacial score (nSPS) is 24.6. The summed E-state index contributed by atoms with van der Waals surface area (Å²) in [6.07, 6.45) is 5.56. The van der Waals surface area contributed by atoms with Gasteiger partial charge < -0.3 is 16.0 Å². The Morgan fingerprint density at radius 1 is 1.36 bits per heavy atom. The number of thiophene rings is 1. The fraction of sp³-hybridized carbons (Fsp3) is 0.625. The number of nitrogens with one attached hydrogen (secondary N) is 1. The van der Waals surface area contributed by atoms with Crippen molar-refractivity contribution in [3.63, 3.8) is 0 Å². The molecule has 2 unspecified atom stereocenters. The maximum absolute atomic E-state index is 12.5. The number of urea groups is 1. The first-order chi connectivity index (χ1) is 10.6. The second kappa shape index (κ2) is 6.69.